The molecule has 2 aliphatic rings. The quantitative estimate of drug-likeness (QED) is 0.837. The SMILES string of the molecule is O=C(O)c1cc2n(n1)[C@H](C(F)(F)F)[C@H]1CCc3ccccc3[C@@H]1N2. The molecule has 0 bridgehead atoms. The molecule has 0 fully saturated rings. The zero-order chi connectivity index (χ0) is 17.1. The van der Waals surface area contributed by atoms with Crippen molar-refractivity contribution < 1.29 is 23.1 Å². The molecule has 0 unspecified atom stereocenters. The molecule has 0 saturated carbocycles. The van der Waals surface area contributed by atoms with Crippen LogP contribution in [0.15, 0.2) is 30.3 Å². The molecule has 0 amide bonds. The van der Waals surface area contributed by atoms with Gasteiger partial charge in [-0.1, -0.05) is 24.3 Å². The lowest BCUT2D eigenvalue weighted by atomic mass is 9.75. The third-order valence-corrected chi connectivity index (χ3v) is 4.83. The molecule has 1 aromatic carbocycles. The molecule has 5 nitrogen and oxygen atoms in total. The van der Waals surface area contributed by atoms with Crippen molar-refractivity contribution in [1.82, 2.24) is 9.78 Å². The lowest BCUT2D eigenvalue weighted by Crippen LogP contribution is -2.45. The fourth-order valence-corrected chi connectivity index (χ4v) is 3.85. The van der Waals surface area contributed by atoms with Gasteiger partial charge >= 0.3 is 12.1 Å². The second-order valence-electron chi connectivity index (χ2n) is 6.17. The number of carboxylic acid groups (broad SMARTS) is 1. The first-order valence-electron chi connectivity index (χ1n) is 7.60. The number of nitrogens with one attached hydrogen (secondary N) is 1. The highest BCUT2D eigenvalue weighted by molar-refractivity contribution is 5.86. The van der Waals surface area contributed by atoms with Gasteiger partial charge in [0.2, 0.25) is 0 Å². The Morgan fingerprint density at radius 2 is 2.08 bits per heavy atom. The van der Waals surface area contributed by atoms with Gasteiger partial charge in [0.15, 0.2) is 11.7 Å². The molecule has 1 aliphatic heterocycles. The van der Waals surface area contributed by atoms with Gasteiger partial charge in [-0.05, 0) is 24.0 Å². The first-order valence-corrected chi connectivity index (χ1v) is 7.60. The van der Waals surface area contributed by atoms with Gasteiger partial charge < -0.3 is 10.4 Å². The minimum Gasteiger partial charge on any atom is -0.476 e. The third-order valence-electron chi connectivity index (χ3n) is 4.83. The number of nitrogens with zero attached hydrogens (tertiary/aromatic N) is 2. The summed E-state index contributed by atoms with van der Waals surface area (Å²) in [6.45, 7) is 0. The second-order valence-corrected chi connectivity index (χ2v) is 6.17. The Kier molecular flexibility index (Phi) is 3.13. The maximum Gasteiger partial charge on any atom is 0.411 e. The summed E-state index contributed by atoms with van der Waals surface area (Å²) in [5.41, 5.74) is 1.48. The van der Waals surface area contributed by atoms with Crippen LogP contribution in [0.2, 0.25) is 0 Å². The summed E-state index contributed by atoms with van der Waals surface area (Å²) in [7, 11) is 0. The number of hydrogen-bond acceptors (Lipinski definition) is 3. The van der Waals surface area contributed by atoms with E-state index in [1.807, 2.05) is 18.2 Å². The van der Waals surface area contributed by atoms with E-state index in [1.54, 1.807) is 6.07 Å². The van der Waals surface area contributed by atoms with E-state index in [0.29, 0.717) is 12.8 Å². The Balaban J connectivity index is 1.87. The molecule has 1 aliphatic carbocycles. The van der Waals surface area contributed by atoms with E-state index >= 15 is 0 Å². The Morgan fingerprint density at radius 3 is 2.79 bits per heavy atom. The molecule has 0 radical (unpaired) electrons. The molecule has 2 aromatic rings. The normalized spacial score (nSPS) is 25.2. The van der Waals surface area contributed by atoms with Crippen molar-refractivity contribution in [2.75, 3.05) is 5.32 Å². The summed E-state index contributed by atoms with van der Waals surface area (Å²) in [4.78, 5) is 11.1. The molecular weight excluding hydrogens is 323 g/mol. The topological polar surface area (TPSA) is 67.1 Å². The lowest BCUT2D eigenvalue weighted by molar-refractivity contribution is -0.188. The summed E-state index contributed by atoms with van der Waals surface area (Å²) in [6, 6.07) is 6.25. The van der Waals surface area contributed by atoms with Crippen molar-refractivity contribution in [2.45, 2.75) is 31.1 Å². The van der Waals surface area contributed by atoms with Crippen LogP contribution in [0.5, 0.6) is 0 Å². The Labute approximate surface area is 135 Å². The average molecular weight is 337 g/mol. The molecule has 0 saturated heterocycles. The van der Waals surface area contributed by atoms with Crippen LogP contribution in [0.4, 0.5) is 19.0 Å². The number of aryl methyl sites for hydroxylation is 1. The molecular formula is C16H14F3N3O2. The molecule has 3 atom stereocenters. The second kappa shape index (κ2) is 4.99. The molecule has 2 heterocycles. The fourth-order valence-electron chi connectivity index (χ4n) is 3.85. The minimum absolute atomic E-state index is 0.0904. The molecule has 24 heavy (non-hydrogen) atoms. The standard InChI is InChI=1S/C16H14F3N3O2/c17-16(18,19)14-10-6-5-8-3-1-2-4-9(8)13(10)20-12-7-11(15(23)24)21-22(12)14/h1-4,7,10,13-14,20H,5-6H2,(H,23,24)/t10-,13-,14-/m0/s1. The highest BCUT2D eigenvalue weighted by atomic mass is 19.4. The van der Waals surface area contributed by atoms with Crippen LogP contribution in [0.3, 0.4) is 0 Å². The van der Waals surface area contributed by atoms with Crippen LogP contribution in [0.1, 0.15) is 40.1 Å². The number of aromatic carboxylic acids is 1. The number of alkyl halides is 3. The summed E-state index contributed by atoms with van der Waals surface area (Å²) in [5.74, 6) is -1.98. The van der Waals surface area contributed by atoms with Crippen LogP contribution in [0.25, 0.3) is 0 Å². The number of halogens is 3. The van der Waals surface area contributed by atoms with Gasteiger partial charge in [0.05, 0.1) is 6.04 Å². The van der Waals surface area contributed by atoms with E-state index in [9.17, 15) is 18.0 Å². The van der Waals surface area contributed by atoms with Crippen molar-refractivity contribution in [3.05, 3.63) is 47.2 Å². The predicted molar refractivity (Wildman–Crippen MR) is 78.9 cm³/mol. The van der Waals surface area contributed by atoms with E-state index in [2.05, 4.69) is 10.4 Å². The number of anilines is 1. The van der Waals surface area contributed by atoms with E-state index in [-0.39, 0.29) is 5.82 Å². The van der Waals surface area contributed by atoms with Crippen molar-refractivity contribution in [2.24, 2.45) is 5.92 Å². The fraction of sp³-hybridized carbons (Fsp3) is 0.375. The van der Waals surface area contributed by atoms with E-state index in [4.69, 9.17) is 5.11 Å². The summed E-state index contributed by atoms with van der Waals surface area (Å²) < 4.78 is 42.0. The molecule has 1 aromatic heterocycles. The van der Waals surface area contributed by atoms with Crippen LogP contribution in [-0.4, -0.2) is 27.0 Å². The Hall–Kier alpha value is -2.51. The number of aromatic nitrogens is 2. The van der Waals surface area contributed by atoms with Crippen molar-refractivity contribution in [3.8, 4) is 0 Å². The number of hydrogen-bond donors (Lipinski definition) is 2. The van der Waals surface area contributed by atoms with Gasteiger partial charge in [-0.2, -0.15) is 18.3 Å². The van der Waals surface area contributed by atoms with E-state index < -0.39 is 35.8 Å². The smallest absolute Gasteiger partial charge is 0.411 e. The minimum atomic E-state index is -4.51. The van der Waals surface area contributed by atoms with Crippen molar-refractivity contribution in [1.29, 1.82) is 0 Å². The van der Waals surface area contributed by atoms with Gasteiger partial charge in [-0.25, -0.2) is 9.48 Å². The maximum absolute atomic E-state index is 13.7. The van der Waals surface area contributed by atoms with Crippen LogP contribution < -0.4 is 5.32 Å². The molecule has 4 rings (SSSR count). The average Bonchev–Trinajstić information content (AvgIpc) is 2.95. The highest BCUT2D eigenvalue weighted by Crippen LogP contribution is 2.51. The summed E-state index contributed by atoms with van der Waals surface area (Å²) >= 11 is 0. The number of fused-ring (bicyclic) bond motifs is 4. The highest BCUT2D eigenvalue weighted by Gasteiger charge is 2.53. The molecule has 0 spiro atoms. The van der Waals surface area contributed by atoms with Crippen LogP contribution in [-0.2, 0) is 6.42 Å². The van der Waals surface area contributed by atoms with Gasteiger partial charge in [0.25, 0.3) is 0 Å². The van der Waals surface area contributed by atoms with Gasteiger partial charge in [-0.3, -0.25) is 0 Å². The van der Waals surface area contributed by atoms with Crippen LogP contribution >= 0.6 is 0 Å². The number of carbonyl (C=O) groups is 1. The van der Waals surface area contributed by atoms with E-state index in [0.717, 1.165) is 21.9 Å². The largest absolute Gasteiger partial charge is 0.476 e. The monoisotopic (exact) mass is 337 g/mol. The number of benzene rings is 1. The van der Waals surface area contributed by atoms with Gasteiger partial charge in [0.1, 0.15) is 5.82 Å². The number of rotatable bonds is 1. The zero-order valence-corrected chi connectivity index (χ0v) is 12.4. The molecule has 8 heteroatoms. The zero-order valence-electron chi connectivity index (χ0n) is 12.4. The Bertz CT molecular complexity index is 815. The van der Waals surface area contributed by atoms with Crippen molar-refractivity contribution >= 4 is 11.8 Å². The Morgan fingerprint density at radius 1 is 1.33 bits per heavy atom. The molecule has 126 valence electrons. The van der Waals surface area contributed by atoms with Crippen molar-refractivity contribution in [3.63, 3.8) is 0 Å². The first-order chi connectivity index (χ1) is 11.4. The van der Waals surface area contributed by atoms with E-state index in [1.165, 1.54) is 0 Å². The van der Waals surface area contributed by atoms with Crippen LogP contribution in [0, 0.1) is 5.92 Å². The summed E-state index contributed by atoms with van der Waals surface area (Å²) in [5, 5.41) is 15.8. The lowest BCUT2D eigenvalue weighted by Gasteiger charge is -2.43. The predicted octanol–water partition coefficient (Wildman–Crippen LogP) is 3.41. The number of carboxylic acids is 1. The first kappa shape index (κ1) is 15.0. The summed E-state index contributed by atoms with van der Waals surface area (Å²) in [6.07, 6.45) is -3.58. The van der Waals surface area contributed by atoms with Gasteiger partial charge in [-0.15, -0.1) is 0 Å². The maximum atomic E-state index is 13.7. The molecule has 2 N–H and O–H groups in total. The third kappa shape index (κ3) is 2.16. The van der Waals surface area contributed by atoms with Gasteiger partial charge in [0, 0.05) is 12.0 Å².